The number of hydrogen-bond donors (Lipinski definition) is 0. The van der Waals surface area contributed by atoms with Gasteiger partial charge in [0.2, 0.25) is 0 Å². The van der Waals surface area contributed by atoms with Gasteiger partial charge in [0.25, 0.3) is 0 Å². The van der Waals surface area contributed by atoms with Crippen molar-refractivity contribution in [2.75, 3.05) is 44.6 Å². The fraction of sp³-hybridized carbons (Fsp3) is 0.452. The van der Waals surface area contributed by atoms with Crippen molar-refractivity contribution in [3.05, 3.63) is 119 Å². The minimum atomic E-state index is -1.21. The van der Waals surface area contributed by atoms with Gasteiger partial charge in [-0.05, 0) is 123 Å². The molecule has 3 saturated heterocycles. The Morgan fingerprint density at radius 1 is 0.424 bits per heavy atom. The normalized spacial score (nSPS) is 16.3. The Balaban J connectivity index is 0.000000417. The molecule has 0 N–H and O–H groups in total. The average Bonchev–Trinajstić information content (AvgIpc) is 4.22. The third-order valence-electron chi connectivity index (χ3n) is 12.9. The fourth-order valence-corrected chi connectivity index (χ4v) is 9.14. The van der Waals surface area contributed by atoms with Gasteiger partial charge in [0.15, 0.2) is 36.3 Å². The Labute approximate surface area is 560 Å². The van der Waals surface area contributed by atoms with Crippen LogP contribution in [0.15, 0.2) is 97.1 Å². The van der Waals surface area contributed by atoms with Crippen molar-refractivity contribution in [3.63, 3.8) is 0 Å². The number of halogens is 2. The molecule has 3 aliphatic rings. The van der Waals surface area contributed by atoms with Gasteiger partial charge in [-0.1, -0.05) is 97.1 Å². The third-order valence-corrected chi connectivity index (χ3v) is 13.4. The Hall–Kier alpha value is -5.42. The monoisotopic (exact) mass is 1270 g/mol. The summed E-state index contributed by atoms with van der Waals surface area (Å²) < 4.78 is 26.4. The number of carbonyl (C=O) groups is 10. The second kappa shape index (κ2) is 33.6. The van der Waals surface area contributed by atoms with Crippen molar-refractivity contribution < 1.29 is 147 Å². The number of carboxylic acids is 1. The molecule has 19 nitrogen and oxygen atoms in total. The van der Waals surface area contributed by atoms with Crippen molar-refractivity contribution in [2.24, 2.45) is 0 Å². The summed E-state index contributed by atoms with van der Waals surface area (Å²) in [7, 11) is 0. The number of carbonyl (C=O) groups excluding carboxylic acids is 10. The van der Waals surface area contributed by atoms with Crippen LogP contribution in [0.3, 0.4) is 0 Å². The largest absolute Gasteiger partial charge is 1.00 e. The summed E-state index contributed by atoms with van der Waals surface area (Å²) >= 11 is 11.0. The summed E-state index contributed by atoms with van der Waals surface area (Å²) in [5.74, 6) is -3.51. The van der Waals surface area contributed by atoms with Gasteiger partial charge in [0.05, 0.1) is 23.8 Å². The molecule has 4 aromatic carbocycles. The summed E-state index contributed by atoms with van der Waals surface area (Å²) in [6, 6.07) is 25.5. The summed E-state index contributed by atoms with van der Waals surface area (Å²) in [5.41, 5.74) is 3.42. The van der Waals surface area contributed by atoms with E-state index in [-0.39, 0.29) is 105 Å². The Bertz CT molecular complexity index is 2810. The van der Waals surface area contributed by atoms with Gasteiger partial charge in [0.1, 0.15) is 28.9 Å². The zero-order valence-corrected chi connectivity index (χ0v) is 55.8. The van der Waals surface area contributed by atoms with Crippen LogP contribution in [0.5, 0.6) is 0 Å². The van der Waals surface area contributed by atoms with Crippen LogP contribution in [0, 0.1) is 0 Å². The van der Waals surface area contributed by atoms with Crippen LogP contribution in [0.2, 0.25) is 0 Å². The number of nitrogens with zero attached hydrogens (tertiary/aromatic N) is 3. The second-order valence-corrected chi connectivity index (χ2v) is 23.3. The molecule has 0 saturated carbocycles. The number of ketones is 4. The molecule has 7 rings (SSSR count). The minimum absolute atomic E-state index is 0. The molecule has 3 atom stereocenters. The first-order chi connectivity index (χ1) is 39.0. The maximum atomic E-state index is 12.8. The molecule has 451 valence electrons. The van der Waals surface area contributed by atoms with E-state index in [9.17, 15) is 53.1 Å². The van der Waals surface area contributed by atoms with Gasteiger partial charge < -0.3 is 33.6 Å². The van der Waals surface area contributed by atoms with Gasteiger partial charge in [-0.2, -0.15) is 0 Å². The number of ether oxygens (including phenoxy) is 5. The van der Waals surface area contributed by atoms with E-state index in [0.717, 1.165) is 22.3 Å². The maximum absolute atomic E-state index is 12.8. The molecule has 3 fully saturated rings. The standard InChI is InChI=1S/C36H44N2O10.C16H12Cl2O2.C10H17NO4.K.V/c1-35(2,3)47-33(43)37-19-7-9-27(37)31(41)45-21-29(39)25-15-11-23(12-16-25)24-13-17-26(18-14-24)30(40)22-46-32(42)28-10-8-20-38(28)34(44)48-36(4,5)6;17-9-15(19)13-5-1-11(2-6-13)12-3-7-14(8-4-12)16(20)10-18;1-10(2,3)15-9(14)11-6-4-5-7(11)8(12)13;;/h11-18,27-28H,7-10,19-22H2,1-6H3;1-8H,9-10H2;7H,4-6H2,1-3H3,(H,12,13);;/q;;;+1;/p-1/t27-,28-;;7-;;/m0.1../s1. The van der Waals surface area contributed by atoms with Crippen molar-refractivity contribution in [1.82, 2.24) is 14.7 Å². The summed E-state index contributed by atoms with van der Waals surface area (Å²) in [6.45, 7) is 16.0. The van der Waals surface area contributed by atoms with Gasteiger partial charge in [-0.15, -0.1) is 23.2 Å². The van der Waals surface area contributed by atoms with E-state index in [4.69, 9.17) is 46.9 Å². The molecular weight excluding hydrogens is 1200 g/mol. The predicted molar refractivity (Wildman–Crippen MR) is 307 cm³/mol. The van der Waals surface area contributed by atoms with Crippen LogP contribution in [-0.4, -0.2) is 154 Å². The van der Waals surface area contributed by atoms with Crippen LogP contribution in [0.25, 0.3) is 22.3 Å². The zero-order valence-electron chi connectivity index (χ0n) is 49.7. The molecule has 0 bridgehead atoms. The number of Topliss-reactive ketones (excluding diaryl/α,β-unsaturated/α-hetero) is 4. The molecule has 23 heteroatoms. The van der Waals surface area contributed by atoms with E-state index in [1.165, 1.54) is 14.7 Å². The molecule has 4 aromatic rings. The molecule has 0 aliphatic carbocycles. The number of amides is 3. The van der Waals surface area contributed by atoms with E-state index < -0.39 is 84.3 Å². The van der Waals surface area contributed by atoms with Crippen molar-refractivity contribution >= 4 is 82.5 Å². The number of hydrogen-bond acceptors (Lipinski definition) is 16. The van der Waals surface area contributed by atoms with Gasteiger partial charge in [-0.3, -0.25) is 33.9 Å². The Morgan fingerprint density at radius 3 is 0.894 bits per heavy atom. The number of esters is 2. The van der Waals surface area contributed by atoms with E-state index in [0.29, 0.717) is 80.4 Å². The molecule has 3 aliphatic heterocycles. The second-order valence-electron chi connectivity index (χ2n) is 22.8. The van der Waals surface area contributed by atoms with E-state index in [2.05, 4.69) is 0 Å². The SMILES string of the molecule is CC(C)(C)OC(=O)N1CCC[C@@H]1C(=O)[O-].CC(C)(C)OC(=O)N1CCC[C@H]1C(=O)OCC(=O)c1ccc(-c2ccc(C(=O)COC(=O)[C@@H]3CCCN3C(=O)OC(C)(C)C)cc2)cc1.O=C(CCl)c1ccc(-c2ccc(C(=O)CCl)cc2)cc1.[K+].[V]. The molecule has 85 heavy (non-hydrogen) atoms. The number of alkyl halides is 2. The summed E-state index contributed by atoms with van der Waals surface area (Å²) in [5, 5.41) is 10.7. The molecule has 0 aromatic heterocycles. The third kappa shape index (κ3) is 23.0. The first-order valence-corrected chi connectivity index (χ1v) is 28.2. The quantitative estimate of drug-likeness (QED) is 0.0384. The van der Waals surface area contributed by atoms with Gasteiger partial charge in [-0.25, -0.2) is 24.0 Å². The van der Waals surface area contributed by atoms with Crippen LogP contribution < -0.4 is 56.5 Å². The van der Waals surface area contributed by atoms with Crippen LogP contribution in [-0.2, 0) is 56.6 Å². The first-order valence-electron chi connectivity index (χ1n) is 27.2. The molecule has 0 spiro atoms. The topological polar surface area (TPSA) is 250 Å². The Morgan fingerprint density at radius 2 is 0.659 bits per heavy atom. The van der Waals surface area contributed by atoms with Crippen LogP contribution >= 0.6 is 23.2 Å². The van der Waals surface area contributed by atoms with Crippen molar-refractivity contribution in [1.29, 1.82) is 0 Å². The van der Waals surface area contributed by atoms with E-state index >= 15 is 0 Å². The smallest absolute Gasteiger partial charge is 0.548 e. The number of rotatable bonds is 15. The summed E-state index contributed by atoms with van der Waals surface area (Å²) in [4.78, 5) is 125. The van der Waals surface area contributed by atoms with E-state index in [1.807, 2.05) is 24.3 Å². The molecule has 1 radical (unpaired) electrons. The average molecular weight is 1280 g/mol. The number of benzene rings is 4. The maximum Gasteiger partial charge on any atom is 1.00 e. The van der Waals surface area contributed by atoms with Crippen LogP contribution in [0.1, 0.15) is 142 Å². The molecular formula is C62H72Cl2KN3O16V. The fourth-order valence-electron chi connectivity index (χ4n) is 8.83. The van der Waals surface area contributed by atoms with Crippen molar-refractivity contribution in [2.45, 2.75) is 136 Å². The number of aliphatic carboxylic acids is 1. The zero-order chi connectivity index (χ0) is 61.4. The van der Waals surface area contributed by atoms with Gasteiger partial charge >= 0.3 is 81.6 Å². The van der Waals surface area contributed by atoms with Gasteiger partial charge in [0, 0.05) is 60.4 Å². The number of likely N-dealkylation sites (tertiary alicyclic amines) is 3. The molecule has 3 heterocycles. The molecule has 0 unspecified atom stereocenters. The van der Waals surface area contributed by atoms with E-state index in [1.54, 1.807) is 135 Å². The predicted octanol–water partition coefficient (Wildman–Crippen LogP) is 6.94. The minimum Gasteiger partial charge on any atom is -0.548 e. The first kappa shape index (κ1) is 73.8. The Kier molecular flexibility index (Phi) is 29.2. The van der Waals surface area contributed by atoms with Crippen LogP contribution in [0.4, 0.5) is 14.4 Å². The molecule has 3 amide bonds. The summed E-state index contributed by atoms with van der Waals surface area (Å²) in [6.07, 6.45) is 1.52. The van der Waals surface area contributed by atoms with Crippen molar-refractivity contribution in [3.8, 4) is 22.3 Å². The number of carboxylic acid groups (broad SMARTS) is 1.